The van der Waals surface area contributed by atoms with Gasteiger partial charge in [-0.15, -0.1) is 5.10 Å². The van der Waals surface area contributed by atoms with Gasteiger partial charge in [-0.3, -0.25) is 9.59 Å². The van der Waals surface area contributed by atoms with Gasteiger partial charge in [0.1, 0.15) is 17.7 Å². The minimum Gasteiger partial charge on any atom is -0.319 e. The lowest BCUT2D eigenvalue weighted by molar-refractivity contribution is -0.133. The first-order valence-electron chi connectivity index (χ1n) is 8.59. The topological polar surface area (TPSA) is 97.2 Å². The van der Waals surface area contributed by atoms with E-state index in [9.17, 15) is 14.4 Å². The van der Waals surface area contributed by atoms with Crippen LogP contribution in [0.2, 0.25) is 0 Å². The maximum absolute atomic E-state index is 13.1. The van der Waals surface area contributed by atoms with E-state index in [1.54, 1.807) is 36.4 Å². The summed E-state index contributed by atoms with van der Waals surface area (Å²) in [5.41, 5.74) is -0.394. The molecule has 1 atom stereocenters. The Morgan fingerprint density at radius 2 is 1.70 bits per heavy atom. The summed E-state index contributed by atoms with van der Waals surface area (Å²) in [7, 11) is 0. The molecule has 1 aliphatic heterocycles. The van der Waals surface area contributed by atoms with Gasteiger partial charge in [-0.25, -0.2) is 9.69 Å². The third-order valence-electron chi connectivity index (χ3n) is 4.88. The van der Waals surface area contributed by atoms with Crippen molar-refractivity contribution in [3.63, 3.8) is 0 Å². The van der Waals surface area contributed by atoms with Crippen LogP contribution in [0.15, 0.2) is 59.4 Å². The lowest BCUT2D eigenvalue weighted by atomic mass is 9.87. The molecule has 0 unspecified atom stereocenters. The summed E-state index contributed by atoms with van der Waals surface area (Å²) in [6, 6.07) is 15.3. The van der Waals surface area contributed by atoms with Crippen molar-refractivity contribution in [1.82, 2.24) is 25.2 Å². The number of imide groups is 1. The van der Waals surface area contributed by atoms with Gasteiger partial charge < -0.3 is 5.32 Å². The molecular weight excluding hydrogens is 346 g/mol. The van der Waals surface area contributed by atoms with Gasteiger partial charge in [0.05, 0.1) is 5.39 Å². The number of benzene rings is 2. The van der Waals surface area contributed by atoms with E-state index in [4.69, 9.17) is 0 Å². The molecule has 0 aliphatic carbocycles. The molecule has 1 aliphatic rings. The first-order chi connectivity index (χ1) is 13.1. The quantitative estimate of drug-likeness (QED) is 0.710. The molecule has 136 valence electrons. The molecule has 1 saturated heterocycles. The van der Waals surface area contributed by atoms with Crippen molar-refractivity contribution in [2.24, 2.45) is 0 Å². The normalized spacial score (nSPS) is 19.5. The van der Waals surface area contributed by atoms with E-state index in [0.29, 0.717) is 22.9 Å². The molecule has 4 rings (SSSR count). The fraction of sp³-hybridized carbons (Fsp3) is 0.211. The third-order valence-corrected chi connectivity index (χ3v) is 4.88. The monoisotopic (exact) mass is 363 g/mol. The average molecular weight is 363 g/mol. The number of hydrogen-bond donors (Lipinski definition) is 1. The molecular formula is C19H17N5O3. The molecule has 0 spiro atoms. The highest BCUT2D eigenvalue weighted by atomic mass is 16.2. The summed E-state index contributed by atoms with van der Waals surface area (Å²) >= 11 is 0. The summed E-state index contributed by atoms with van der Waals surface area (Å²) in [5, 5.41) is 11.0. The highest BCUT2D eigenvalue weighted by molar-refractivity contribution is 6.07. The average Bonchev–Trinajstić information content (AvgIpc) is 2.96. The number of rotatable bonds is 4. The molecule has 0 saturated carbocycles. The van der Waals surface area contributed by atoms with E-state index in [2.05, 4.69) is 15.6 Å². The number of hydrogen-bond acceptors (Lipinski definition) is 5. The Morgan fingerprint density at radius 3 is 2.44 bits per heavy atom. The second-order valence-electron chi connectivity index (χ2n) is 6.34. The zero-order chi connectivity index (χ0) is 19.0. The smallest absolute Gasteiger partial charge is 0.319 e. The van der Waals surface area contributed by atoms with Crippen LogP contribution in [-0.4, -0.2) is 31.8 Å². The molecule has 0 radical (unpaired) electrons. The fourth-order valence-corrected chi connectivity index (χ4v) is 3.37. The van der Waals surface area contributed by atoms with E-state index in [0.717, 1.165) is 9.58 Å². The van der Waals surface area contributed by atoms with Crippen LogP contribution in [-0.2, 0) is 17.0 Å². The number of fused-ring (bicyclic) bond motifs is 1. The van der Waals surface area contributed by atoms with Crippen LogP contribution in [0.1, 0.15) is 18.9 Å². The summed E-state index contributed by atoms with van der Waals surface area (Å²) in [6.07, 6.45) is 0.385. The molecule has 1 fully saturated rings. The zero-order valence-corrected chi connectivity index (χ0v) is 14.6. The Bertz CT molecular complexity index is 1100. The van der Waals surface area contributed by atoms with E-state index in [1.165, 1.54) is 0 Å². The van der Waals surface area contributed by atoms with Crippen molar-refractivity contribution in [3.05, 3.63) is 70.5 Å². The minimum absolute atomic E-state index is 0.296. The van der Waals surface area contributed by atoms with Crippen LogP contribution in [0.25, 0.3) is 10.9 Å². The second kappa shape index (κ2) is 6.31. The summed E-state index contributed by atoms with van der Waals surface area (Å²) in [6.45, 7) is 1.53. The number of nitrogens with one attached hydrogen (secondary N) is 1. The van der Waals surface area contributed by atoms with E-state index < -0.39 is 23.0 Å². The Labute approximate surface area is 154 Å². The molecule has 1 N–H and O–H groups in total. The van der Waals surface area contributed by atoms with E-state index in [-0.39, 0.29) is 6.67 Å². The summed E-state index contributed by atoms with van der Waals surface area (Å²) in [5.74, 6) is -0.414. The summed E-state index contributed by atoms with van der Waals surface area (Å²) < 4.78 is 1.02. The van der Waals surface area contributed by atoms with Crippen LogP contribution in [0.3, 0.4) is 0 Å². The molecule has 0 bridgehead atoms. The minimum atomic E-state index is -1.15. The van der Waals surface area contributed by atoms with Crippen LogP contribution in [0, 0.1) is 0 Å². The van der Waals surface area contributed by atoms with Gasteiger partial charge in [-0.2, -0.15) is 4.68 Å². The third kappa shape index (κ3) is 2.57. The molecule has 3 aromatic rings. The predicted molar refractivity (Wildman–Crippen MR) is 97.6 cm³/mol. The molecule has 1 aromatic heterocycles. The lowest BCUT2D eigenvalue weighted by Gasteiger charge is -2.25. The zero-order valence-electron chi connectivity index (χ0n) is 14.6. The van der Waals surface area contributed by atoms with Crippen LogP contribution < -0.4 is 10.9 Å². The number of aromatic nitrogens is 3. The lowest BCUT2D eigenvalue weighted by Crippen LogP contribution is -2.44. The number of urea groups is 1. The number of nitrogens with zero attached hydrogens (tertiary/aromatic N) is 4. The maximum Gasteiger partial charge on any atom is 0.326 e. The largest absolute Gasteiger partial charge is 0.326 e. The van der Waals surface area contributed by atoms with Crippen molar-refractivity contribution in [3.8, 4) is 0 Å². The first-order valence-corrected chi connectivity index (χ1v) is 8.59. The van der Waals surface area contributed by atoms with Gasteiger partial charge >= 0.3 is 6.03 Å². The number of carbonyl (C=O) groups is 2. The van der Waals surface area contributed by atoms with Crippen molar-refractivity contribution in [2.75, 3.05) is 0 Å². The number of carbonyl (C=O) groups excluding carboxylic acids is 2. The Kier molecular flexibility index (Phi) is 3.95. The SMILES string of the molecule is CC[C@]1(c2ccccc2)NC(=O)N(Cn2nnc3ccccc3c2=O)C1=O. The van der Waals surface area contributed by atoms with Crippen molar-refractivity contribution in [1.29, 1.82) is 0 Å². The van der Waals surface area contributed by atoms with Crippen LogP contribution in [0.5, 0.6) is 0 Å². The van der Waals surface area contributed by atoms with Crippen LogP contribution in [0.4, 0.5) is 4.79 Å². The summed E-state index contributed by atoms with van der Waals surface area (Å²) in [4.78, 5) is 39.3. The molecule has 3 amide bonds. The highest BCUT2D eigenvalue weighted by Crippen LogP contribution is 2.32. The molecule has 27 heavy (non-hydrogen) atoms. The van der Waals surface area contributed by atoms with Gasteiger partial charge in [0, 0.05) is 0 Å². The van der Waals surface area contributed by atoms with Gasteiger partial charge in [-0.1, -0.05) is 54.6 Å². The first kappa shape index (κ1) is 16.9. The second-order valence-corrected chi connectivity index (χ2v) is 6.34. The van der Waals surface area contributed by atoms with Crippen LogP contribution >= 0.6 is 0 Å². The molecule has 2 heterocycles. The standard InChI is InChI=1S/C19H17N5O3/c1-2-19(13-8-4-3-5-9-13)17(26)23(18(27)20-19)12-24-16(25)14-10-6-7-11-15(14)21-22-24/h3-11H,2,12H2,1H3,(H,20,27)/t19-/m1/s1. The Hall–Kier alpha value is -3.55. The van der Waals surface area contributed by atoms with E-state index in [1.807, 2.05) is 25.1 Å². The van der Waals surface area contributed by atoms with Crippen molar-refractivity contribution >= 4 is 22.8 Å². The molecule has 8 nitrogen and oxygen atoms in total. The van der Waals surface area contributed by atoms with Crippen molar-refractivity contribution in [2.45, 2.75) is 25.6 Å². The van der Waals surface area contributed by atoms with Gasteiger partial charge in [0.2, 0.25) is 0 Å². The predicted octanol–water partition coefficient (Wildman–Crippen LogP) is 1.61. The van der Waals surface area contributed by atoms with E-state index >= 15 is 0 Å². The Morgan fingerprint density at radius 1 is 1.00 bits per heavy atom. The number of amides is 3. The highest BCUT2D eigenvalue weighted by Gasteiger charge is 2.51. The Balaban J connectivity index is 1.71. The van der Waals surface area contributed by atoms with Crippen molar-refractivity contribution < 1.29 is 9.59 Å². The molecule has 8 heteroatoms. The van der Waals surface area contributed by atoms with Gasteiger partial charge in [0.25, 0.3) is 11.5 Å². The van der Waals surface area contributed by atoms with Gasteiger partial charge in [-0.05, 0) is 24.1 Å². The van der Waals surface area contributed by atoms with Gasteiger partial charge in [0.15, 0.2) is 0 Å². The fourth-order valence-electron chi connectivity index (χ4n) is 3.37. The molecule has 2 aromatic carbocycles. The maximum atomic E-state index is 13.1.